The van der Waals surface area contributed by atoms with Gasteiger partial charge in [0.25, 0.3) is 5.56 Å². The van der Waals surface area contributed by atoms with Gasteiger partial charge in [-0.15, -0.1) is 0 Å². The number of anilines is 1. The molecule has 1 N–H and O–H groups in total. The molecule has 1 amide bonds. The molecular weight excluding hydrogens is 444 g/mol. The molecule has 3 aromatic rings. The van der Waals surface area contributed by atoms with Crippen LogP contribution in [-0.2, 0) is 30.8 Å². The number of aromatic nitrogens is 2. The zero-order valence-corrected chi connectivity index (χ0v) is 20.7. The van der Waals surface area contributed by atoms with Gasteiger partial charge in [-0.25, -0.2) is 4.98 Å². The van der Waals surface area contributed by atoms with Gasteiger partial charge >= 0.3 is 0 Å². The highest BCUT2D eigenvalue weighted by Gasteiger charge is 2.25. The second kappa shape index (κ2) is 10.7. The van der Waals surface area contributed by atoms with Crippen LogP contribution >= 0.6 is 0 Å². The Morgan fingerprint density at radius 2 is 1.83 bits per heavy atom. The number of hydrogen-bond donors (Lipinski definition) is 1. The van der Waals surface area contributed by atoms with Crippen LogP contribution in [0, 0.1) is 0 Å². The average Bonchev–Trinajstić information content (AvgIpc) is 2.86. The lowest BCUT2D eigenvalue weighted by Crippen LogP contribution is -2.40. The van der Waals surface area contributed by atoms with Gasteiger partial charge in [-0.1, -0.05) is 44.2 Å². The van der Waals surface area contributed by atoms with E-state index in [0.717, 1.165) is 18.8 Å². The minimum atomic E-state index is -0.301. The standard InChI is InChI=1S/C27H32N4O4/c1-18(2)26-29-22-16-30(15-19-8-6-5-7-9-19)13-12-21(22)27(33)31(26)17-25(32)28-20-10-11-23(34-3)24(14-20)35-4/h5-11,14,18H,12-13,15-17H2,1-4H3,(H,28,32). The van der Waals surface area contributed by atoms with E-state index in [-0.39, 0.29) is 23.9 Å². The molecule has 0 unspecified atom stereocenters. The Bertz CT molecular complexity index is 1250. The van der Waals surface area contributed by atoms with Crippen molar-refractivity contribution in [1.29, 1.82) is 0 Å². The van der Waals surface area contributed by atoms with E-state index < -0.39 is 0 Å². The monoisotopic (exact) mass is 476 g/mol. The van der Waals surface area contributed by atoms with Crippen LogP contribution in [0.4, 0.5) is 5.69 Å². The van der Waals surface area contributed by atoms with E-state index in [1.165, 1.54) is 17.2 Å². The van der Waals surface area contributed by atoms with Crippen LogP contribution in [0.1, 0.15) is 42.4 Å². The maximum Gasteiger partial charge on any atom is 0.257 e. The highest BCUT2D eigenvalue weighted by atomic mass is 16.5. The Labute approximate surface area is 205 Å². The summed E-state index contributed by atoms with van der Waals surface area (Å²) in [5.74, 6) is 1.40. The second-order valence-electron chi connectivity index (χ2n) is 9.01. The van der Waals surface area contributed by atoms with Crippen molar-refractivity contribution in [2.45, 2.75) is 45.8 Å². The van der Waals surface area contributed by atoms with Crippen LogP contribution in [0.2, 0.25) is 0 Å². The molecule has 8 nitrogen and oxygen atoms in total. The van der Waals surface area contributed by atoms with Gasteiger partial charge < -0.3 is 14.8 Å². The zero-order valence-electron chi connectivity index (χ0n) is 20.7. The molecule has 2 aromatic carbocycles. The lowest BCUT2D eigenvalue weighted by molar-refractivity contribution is -0.116. The van der Waals surface area contributed by atoms with Crippen LogP contribution in [-0.4, -0.2) is 41.1 Å². The summed E-state index contributed by atoms with van der Waals surface area (Å²) >= 11 is 0. The SMILES string of the molecule is COc1ccc(NC(=O)Cn2c(C(C)C)nc3c(c2=O)CCN(Cc2ccccc2)C3)cc1OC. The van der Waals surface area contributed by atoms with Gasteiger partial charge in [0.2, 0.25) is 5.91 Å². The van der Waals surface area contributed by atoms with Gasteiger partial charge in [0.15, 0.2) is 11.5 Å². The van der Waals surface area contributed by atoms with Crippen LogP contribution in [0.3, 0.4) is 0 Å². The number of carbonyl (C=O) groups excluding carboxylic acids is 1. The topological polar surface area (TPSA) is 85.7 Å². The Morgan fingerprint density at radius 1 is 1.09 bits per heavy atom. The summed E-state index contributed by atoms with van der Waals surface area (Å²) in [6, 6.07) is 15.4. The van der Waals surface area contributed by atoms with Crippen LogP contribution in [0.15, 0.2) is 53.3 Å². The van der Waals surface area contributed by atoms with Crippen LogP contribution in [0.5, 0.6) is 11.5 Å². The smallest absolute Gasteiger partial charge is 0.257 e. The summed E-state index contributed by atoms with van der Waals surface area (Å²) in [6.45, 7) is 6.09. The maximum absolute atomic E-state index is 13.5. The van der Waals surface area contributed by atoms with E-state index in [1.807, 2.05) is 32.0 Å². The molecule has 0 aliphatic carbocycles. The molecule has 8 heteroatoms. The fourth-order valence-corrected chi connectivity index (χ4v) is 4.43. The van der Waals surface area contributed by atoms with Gasteiger partial charge in [0.05, 0.1) is 19.9 Å². The quantitative estimate of drug-likeness (QED) is 0.535. The van der Waals surface area contributed by atoms with Crippen molar-refractivity contribution in [3.05, 3.63) is 81.5 Å². The van der Waals surface area contributed by atoms with Crippen molar-refractivity contribution in [1.82, 2.24) is 14.5 Å². The van der Waals surface area contributed by atoms with Gasteiger partial charge in [0, 0.05) is 42.9 Å². The first kappa shape index (κ1) is 24.5. The van der Waals surface area contributed by atoms with E-state index in [0.29, 0.717) is 41.5 Å². The first-order chi connectivity index (χ1) is 16.9. The molecule has 1 aliphatic heterocycles. The summed E-state index contributed by atoms with van der Waals surface area (Å²) in [7, 11) is 3.09. The molecule has 0 atom stereocenters. The van der Waals surface area contributed by atoms with E-state index in [9.17, 15) is 9.59 Å². The van der Waals surface area contributed by atoms with Gasteiger partial charge in [-0.2, -0.15) is 0 Å². The molecule has 4 rings (SSSR count). The largest absolute Gasteiger partial charge is 0.493 e. The Morgan fingerprint density at radius 3 is 2.51 bits per heavy atom. The number of benzene rings is 2. The summed E-state index contributed by atoms with van der Waals surface area (Å²) in [5, 5.41) is 2.85. The molecule has 0 fully saturated rings. The molecule has 0 bridgehead atoms. The third-order valence-electron chi connectivity index (χ3n) is 6.16. The fraction of sp³-hybridized carbons (Fsp3) is 0.370. The van der Waals surface area contributed by atoms with Crippen molar-refractivity contribution >= 4 is 11.6 Å². The number of amides is 1. The zero-order chi connectivity index (χ0) is 24.9. The summed E-state index contributed by atoms with van der Waals surface area (Å²) < 4.78 is 12.1. The van der Waals surface area contributed by atoms with Crippen molar-refractivity contribution in [2.75, 3.05) is 26.1 Å². The summed E-state index contributed by atoms with van der Waals surface area (Å²) in [6.07, 6.45) is 0.615. The number of rotatable bonds is 8. The molecule has 1 aliphatic rings. The number of methoxy groups -OCH3 is 2. The normalized spacial score (nSPS) is 13.4. The fourth-order valence-electron chi connectivity index (χ4n) is 4.43. The number of ether oxygens (including phenoxy) is 2. The summed E-state index contributed by atoms with van der Waals surface area (Å²) in [4.78, 5) is 33.6. The molecule has 0 saturated carbocycles. The second-order valence-corrected chi connectivity index (χ2v) is 9.01. The average molecular weight is 477 g/mol. The van der Waals surface area contributed by atoms with E-state index in [2.05, 4.69) is 22.3 Å². The van der Waals surface area contributed by atoms with Crippen molar-refractivity contribution in [3.63, 3.8) is 0 Å². The third-order valence-corrected chi connectivity index (χ3v) is 6.16. The van der Waals surface area contributed by atoms with Crippen molar-refractivity contribution in [2.24, 2.45) is 0 Å². The van der Waals surface area contributed by atoms with Crippen LogP contribution < -0.4 is 20.3 Å². The van der Waals surface area contributed by atoms with Crippen LogP contribution in [0.25, 0.3) is 0 Å². The van der Waals surface area contributed by atoms with Gasteiger partial charge in [-0.3, -0.25) is 19.1 Å². The van der Waals surface area contributed by atoms with Gasteiger partial charge in [-0.05, 0) is 24.1 Å². The molecule has 0 saturated heterocycles. The van der Waals surface area contributed by atoms with Crippen molar-refractivity contribution < 1.29 is 14.3 Å². The van der Waals surface area contributed by atoms with E-state index in [4.69, 9.17) is 14.5 Å². The van der Waals surface area contributed by atoms with Gasteiger partial charge in [0.1, 0.15) is 12.4 Å². The van der Waals surface area contributed by atoms with E-state index >= 15 is 0 Å². The Hall–Kier alpha value is -3.65. The predicted octanol–water partition coefficient (Wildman–Crippen LogP) is 3.58. The van der Waals surface area contributed by atoms with Crippen molar-refractivity contribution in [3.8, 4) is 11.5 Å². The lowest BCUT2D eigenvalue weighted by Gasteiger charge is -2.29. The third kappa shape index (κ3) is 5.54. The highest BCUT2D eigenvalue weighted by Crippen LogP contribution is 2.29. The molecular formula is C27H32N4O4. The number of nitrogens with one attached hydrogen (secondary N) is 1. The molecule has 2 heterocycles. The number of carbonyl (C=O) groups is 1. The number of hydrogen-bond acceptors (Lipinski definition) is 6. The lowest BCUT2D eigenvalue weighted by atomic mass is 10.0. The first-order valence-electron chi connectivity index (χ1n) is 11.8. The Kier molecular flexibility index (Phi) is 7.51. The molecule has 1 aromatic heterocycles. The molecule has 184 valence electrons. The van der Waals surface area contributed by atoms with E-state index in [1.54, 1.807) is 25.3 Å². The summed E-state index contributed by atoms with van der Waals surface area (Å²) in [5.41, 5.74) is 3.20. The Balaban J connectivity index is 1.55. The first-order valence-corrected chi connectivity index (χ1v) is 11.8. The number of fused-ring (bicyclic) bond motifs is 1. The molecule has 0 spiro atoms. The molecule has 0 radical (unpaired) electrons. The minimum Gasteiger partial charge on any atom is -0.493 e. The number of nitrogens with zero attached hydrogens (tertiary/aromatic N) is 3. The highest BCUT2D eigenvalue weighted by molar-refractivity contribution is 5.91. The minimum absolute atomic E-state index is 0.00798. The maximum atomic E-state index is 13.5. The molecule has 35 heavy (non-hydrogen) atoms. The predicted molar refractivity (Wildman–Crippen MR) is 135 cm³/mol.